The minimum atomic E-state index is -0.919. The van der Waals surface area contributed by atoms with Crippen LogP contribution in [-0.2, 0) is 13.1 Å². The lowest BCUT2D eigenvalue weighted by Crippen LogP contribution is -2.55. The number of carbonyl (C=O) groups is 1. The summed E-state index contributed by atoms with van der Waals surface area (Å²) in [5.74, 6) is 2.08. The van der Waals surface area contributed by atoms with Crippen molar-refractivity contribution in [3.63, 3.8) is 0 Å². The zero-order valence-electron chi connectivity index (χ0n) is 23.8. The van der Waals surface area contributed by atoms with Gasteiger partial charge in [0.15, 0.2) is 11.5 Å². The molecule has 2 aromatic carbocycles. The Bertz CT molecular complexity index is 1430. The first-order valence-corrected chi connectivity index (χ1v) is 13.9. The second-order valence-electron chi connectivity index (χ2n) is 11.7. The van der Waals surface area contributed by atoms with Gasteiger partial charge in [0.2, 0.25) is 0 Å². The number of amides is 1. The van der Waals surface area contributed by atoms with Crippen molar-refractivity contribution in [3.05, 3.63) is 64.4 Å². The number of carboxylic acid groups (broad SMARTS) is 1. The number of fused-ring (bicyclic) bond motifs is 2. The minimum Gasteiger partial charge on any atom is -0.497 e. The lowest BCUT2D eigenvalue weighted by molar-refractivity contribution is 0.0131. The first-order valence-electron chi connectivity index (χ1n) is 13.9. The van der Waals surface area contributed by atoms with E-state index >= 15 is 0 Å². The van der Waals surface area contributed by atoms with Gasteiger partial charge in [-0.25, -0.2) is 4.79 Å². The Morgan fingerprint density at radius 3 is 2.52 bits per heavy atom. The van der Waals surface area contributed by atoms with Crippen molar-refractivity contribution in [3.8, 4) is 17.2 Å². The van der Waals surface area contributed by atoms with E-state index in [1.165, 1.54) is 0 Å². The molecule has 3 aromatic rings. The molecule has 0 radical (unpaired) electrons. The van der Waals surface area contributed by atoms with E-state index in [-0.39, 0.29) is 23.1 Å². The van der Waals surface area contributed by atoms with Gasteiger partial charge in [0.25, 0.3) is 5.56 Å². The summed E-state index contributed by atoms with van der Waals surface area (Å²) in [7, 11) is 1.62. The summed E-state index contributed by atoms with van der Waals surface area (Å²) in [4.78, 5) is 29.3. The Labute approximate surface area is 234 Å². The topological polar surface area (TPSA) is 93.5 Å². The zero-order valence-corrected chi connectivity index (χ0v) is 23.8. The number of nitrogens with zero attached hydrogens (tertiary/aromatic N) is 3. The highest BCUT2D eigenvalue weighted by molar-refractivity contribution is 5.80. The van der Waals surface area contributed by atoms with Crippen molar-refractivity contribution in [2.75, 3.05) is 33.4 Å². The third kappa shape index (κ3) is 5.89. The van der Waals surface area contributed by atoms with Gasteiger partial charge in [-0.3, -0.25) is 9.69 Å². The van der Waals surface area contributed by atoms with E-state index in [4.69, 9.17) is 14.2 Å². The fraction of sp³-hybridized carbons (Fsp3) is 0.484. The van der Waals surface area contributed by atoms with E-state index < -0.39 is 6.09 Å². The van der Waals surface area contributed by atoms with Gasteiger partial charge in [-0.2, -0.15) is 0 Å². The molecule has 5 rings (SSSR count). The summed E-state index contributed by atoms with van der Waals surface area (Å²) in [6.45, 7) is 9.89. The fourth-order valence-corrected chi connectivity index (χ4v) is 6.04. The van der Waals surface area contributed by atoms with E-state index in [0.29, 0.717) is 50.1 Å². The molecule has 2 aliphatic heterocycles. The lowest BCUT2D eigenvalue weighted by Gasteiger charge is -2.48. The van der Waals surface area contributed by atoms with Crippen molar-refractivity contribution < 1.29 is 24.1 Å². The summed E-state index contributed by atoms with van der Waals surface area (Å²) >= 11 is 0. The van der Waals surface area contributed by atoms with Crippen molar-refractivity contribution in [2.45, 2.75) is 58.8 Å². The molecule has 1 aromatic heterocycles. The zero-order chi connectivity index (χ0) is 28.4. The molecule has 9 heteroatoms. The number of piperidine rings is 1. The Kier molecular flexibility index (Phi) is 7.94. The molecule has 1 amide bonds. The third-order valence-corrected chi connectivity index (χ3v) is 8.14. The number of pyridine rings is 1. The number of hydrogen-bond acceptors (Lipinski definition) is 6. The van der Waals surface area contributed by atoms with Crippen LogP contribution in [0, 0.1) is 5.41 Å². The Hall–Kier alpha value is -3.72. The smallest absolute Gasteiger partial charge is 0.407 e. The minimum absolute atomic E-state index is 0.0422. The molecule has 0 spiro atoms. The number of rotatable bonds is 7. The molecule has 0 aliphatic carbocycles. The highest BCUT2D eigenvalue weighted by atomic mass is 16.6. The molecule has 0 bridgehead atoms. The summed E-state index contributed by atoms with van der Waals surface area (Å²) in [5.41, 5.74) is 1.62. The van der Waals surface area contributed by atoms with Gasteiger partial charge in [-0.05, 0) is 59.5 Å². The maximum atomic E-state index is 12.9. The summed E-state index contributed by atoms with van der Waals surface area (Å²) < 4.78 is 18.5. The first-order chi connectivity index (χ1) is 19.1. The van der Waals surface area contributed by atoms with Gasteiger partial charge in [-0.15, -0.1) is 0 Å². The second kappa shape index (κ2) is 11.4. The second-order valence-corrected chi connectivity index (χ2v) is 11.7. The van der Waals surface area contributed by atoms with Crippen molar-refractivity contribution in [2.24, 2.45) is 5.41 Å². The molecule has 40 heavy (non-hydrogen) atoms. The van der Waals surface area contributed by atoms with Gasteiger partial charge in [0.1, 0.15) is 19.0 Å². The van der Waals surface area contributed by atoms with Gasteiger partial charge in [0.05, 0.1) is 12.6 Å². The number of aromatic nitrogens is 1. The number of benzene rings is 2. The molecule has 2 atom stereocenters. The van der Waals surface area contributed by atoms with Gasteiger partial charge in [0, 0.05) is 50.4 Å². The van der Waals surface area contributed by atoms with Gasteiger partial charge in [-0.1, -0.05) is 26.8 Å². The normalized spacial score (nSPS) is 19.4. The largest absolute Gasteiger partial charge is 0.497 e. The Morgan fingerprint density at radius 1 is 1.05 bits per heavy atom. The Morgan fingerprint density at radius 2 is 1.80 bits per heavy atom. The summed E-state index contributed by atoms with van der Waals surface area (Å²) in [6.07, 6.45) is 0.526. The van der Waals surface area contributed by atoms with Crippen LogP contribution in [0.2, 0.25) is 0 Å². The fourth-order valence-electron chi connectivity index (χ4n) is 6.04. The molecule has 2 aliphatic rings. The average Bonchev–Trinajstić information content (AvgIpc) is 2.94. The molecule has 1 fully saturated rings. The van der Waals surface area contributed by atoms with E-state index in [1.807, 2.05) is 47.0 Å². The SMILES string of the molecule is COc1ccc2ccc(=O)n(CCN3CCC(N(Cc4ccc5c(c4)OCCO5)C(=O)O)CC3C(C)(C)C)c2c1. The van der Waals surface area contributed by atoms with Crippen molar-refractivity contribution in [1.29, 1.82) is 0 Å². The molecule has 1 N–H and O–H groups in total. The molecule has 1 saturated heterocycles. The monoisotopic (exact) mass is 549 g/mol. The van der Waals surface area contributed by atoms with Crippen LogP contribution in [0.25, 0.3) is 10.9 Å². The summed E-state index contributed by atoms with van der Waals surface area (Å²) in [5, 5.41) is 11.2. The average molecular weight is 550 g/mol. The van der Waals surface area contributed by atoms with E-state index in [1.54, 1.807) is 18.1 Å². The summed E-state index contributed by atoms with van der Waals surface area (Å²) in [6, 6.07) is 14.9. The molecule has 214 valence electrons. The molecule has 2 unspecified atom stereocenters. The Balaban J connectivity index is 1.33. The molecule has 3 heterocycles. The maximum Gasteiger partial charge on any atom is 0.407 e. The third-order valence-electron chi connectivity index (χ3n) is 8.14. The number of likely N-dealkylation sites (tertiary alicyclic amines) is 1. The van der Waals surface area contributed by atoms with Crippen LogP contribution in [0.15, 0.2) is 53.3 Å². The highest BCUT2D eigenvalue weighted by Crippen LogP contribution is 2.36. The molecular weight excluding hydrogens is 510 g/mol. The quantitative estimate of drug-likeness (QED) is 0.451. The van der Waals surface area contributed by atoms with Crippen LogP contribution in [0.1, 0.15) is 39.2 Å². The van der Waals surface area contributed by atoms with Gasteiger partial charge < -0.3 is 28.8 Å². The van der Waals surface area contributed by atoms with Gasteiger partial charge >= 0.3 is 6.09 Å². The van der Waals surface area contributed by atoms with E-state index in [9.17, 15) is 14.7 Å². The van der Waals surface area contributed by atoms with Crippen LogP contribution < -0.4 is 19.8 Å². The molecule has 9 nitrogen and oxygen atoms in total. The first kappa shape index (κ1) is 27.8. The van der Waals surface area contributed by atoms with Crippen molar-refractivity contribution in [1.82, 2.24) is 14.4 Å². The number of methoxy groups -OCH3 is 1. The predicted molar refractivity (Wildman–Crippen MR) is 154 cm³/mol. The molecule has 0 saturated carbocycles. The molecular formula is C31H39N3O6. The van der Waals surface area contributed by atoms with Crippen LogP contribution in [0.4, 0.5) is 4.79 Å². The van der Waals surface area contributed by atoms with Crippen LogP contribution in [0.3, 0.4) is 0 Å². The maximum absolute atomic E-state index is 12.9. The van der Waals surface area contributed by atoms with Crippen LogP contribution in [0.5, 0.6) is 17.2 Å². The van der Waals surface area contributed by atoms with E-state index in [2.05, 4.69) is 25.7 Å². The highest BCUT2D eigenvalue weighted by Gasteiger charge is 2.39. The van der Waals surface area contributed by atoms with Crippen LogP contribution >= 0.6 is 0 Å². The number of ether oxygens (including phenoxy) is 3. The lowest BCUT2D eigenvalue weighted by atomic mass is 9.78. The van der Waals surface area contributed by atoms with E-state index in [0.717, 1.165) is 35.9 Å². The number of hydrogen-bond donors (Lipinski definition) is 1. The van der Waals surface area contributed by atoms with Crippen molar-refractivity contribution >= 4 is 17.0 Å². The standard InChI is InChI=1S/C31H39N3O6/c1-31(2,3)28-18-23(34(30(36)37)20-21-5-9-26-27(17-21)40-16-15-39-26)11-12-32(28)13-14-33-25-19-24(38-4)8-6-22(25)7-10-29(33)35/h5-10,17,19,23,28H,11-16,18,20H2,1-4H3,(H,36,37). The van der Waals surface area contributed by atoms with Crippen LogP contribution in [-0.4, -0.2) is 71.1 Å². The predicted octanol–water partition coefficient (Wildman–Crippen LogP) is 4.84.